The van der Waals surface area contributed by atoms with E-state index in [1.807, 2.05) is 30.3 Å². The van der Waals surface area contributed by atoms with Crippen LogP contribution in [0.25, 0.3) is 5.03 Å². The number of nitrogens with two attached hydrogens (primary N) is 1. The van der Waals surface area contributed by atoms with E-state index in [4.69, 9.17) is 35.6 Å². The van der Waals surface area contributed by atoms with Crippen molar-refractivity contribution in [2.75, 3.05) is 0 Å². The maximum Gasteiger partial charge on any atom is 0.161 e. The zero-order chi connectivity index (χ0) is 12.6. The van der Waals surface area contributed by atoms with Gasteiger partial charge in [0.1, 0.15) is 0 Å². The Hall–Kier alpha value is -0.950. The topological polar surface area (TPSA) is 118 Å². The molecule has 0 amide bonds. The molecule has 0 bridgehead atoms. The Balaban J connectivity index is 0.000000385. The van der Waals surface area contributed by atoms with Crippen LogP contribution in [0.2, 0.25) is 0 Å². The van der Waals surface area contributed by atoms with Crippen LogP contribution in [0.5, 0.6) is 0 Å². The Labute approximate surface area is 99.5 Å². The first-order valence-electron chi connectivity index (χ1n) is 3.92. The van der Waals surface area contributed by atoms with Gasteiger partial charge in [-0.3, -0.25) is 5.41 Å². The summed E-state index contributed by atoms with van der Waals surface area (Å²) in [6, 6.07) is 9.68. The summed E-state index contributed by atoms with van der Waals surface area (Å²) in [7, 11) is -4.94. The number of hydrogen-bond acceptors (Lipinski definition) is 4. The predicted octanol–water partition coefficient (Wildman–Crippen LogP) is -3.66. The third-order valence-corrected chi connectivity index (χ3v) is 1.64. The van der Waals surface area contributed by atoms with Crippen LogP contribution in [0.1, 0.15) is 5.56 Å². The van der Waals surface area contributed by atoms with Gasteiger partial charge in [-0.2, -0.15) is 0 Å². The minimum Gasteiger partial charge on any atom is -0.260 e. The van der Waals surface area contributed by atoms with Gasteiger partial charge in [0.15, 0.2) is 6.21 Å². The highest BCUT2D eigenvalue weighted by Gasteiger charge is 1.93. The third kappa shape index (κ3) is 9.60. The van der Waals surface area contributed by atoms with E-state index in [9.17, 15) is 0 Å². The highest BCUT2D eigenvalue weighted by molar-refractivity contribution is 6.49. The number of rotatable bonds is 2. The van der Waals surface area contributed by atoms with Crippen molar-refractivity contribution in [3.8, 4) is 0 Å². The average Bonchev–Trinajstić information content (AvgIpc) is 2.17. The summed E-state index contributed by atoms with van der Waals surface area (Å²) < 4.78 is 34.0. The van der Waals surface area contributed by atoms with Gasteiger partial charge in [0.2, 0.25) is 0 Å². The average molecular weight is 266 g/mol. The van der Waals surface area contributed by atoms with Gasteiger partial charge in [0.05, 0.1) is 5.03 Å². The first-order valence-corrected chi connectivity index (χ1v) is 5.53. The lowest BCUT2D eigenvalue weighted by molar-refractivity contribution is -2.00. The quantitative estimate of drug-likeness (QED) is 0.555. The van der Waals surface area contributed by atoms with Crippen molar-refractivity contribution < 1.29 is 34.3 Å². The molecule has 0 aliphatic carbocycles. The van der Waals surface area contributed by atoms with Gasteiger partial charge < -0.3 is 0 Å². The molecule has 7 heteroatoms. The molecular weight excluding hydrogens is 257 g/mol. The normalized spacial score (nSPS) is 11.4. The fourth-order valence-corrected chi connectivity index (χ4v) is 0.977. The number of allylic oxidation sites excluding steroid dienone is 1. The highest BCUT2D eigenvalue weighted by atomic mass is 35.7. The van der Waals surface area contributed by atoms with Crippen LogP contribution in [0, 0.1) is 10.2 Å². The summed E-state index contributed by atoms with van der Waals surface area (Å²) in [6.07, 6.45) is 3.09. The summed E-state index contributed by atoms with van der Waals surface area (Å²) in [5.41, 5.74) is 0.982. The first-order chi connectivity index (χ1) is 7.34. The molecule has 1 aromatic carbocycles. The fourth-order valence-electron chi connectivity index (χ4n) is 0.778. The van der Waals surface area contributed by atoms with Crippen molar-refractivity contribution in [3.63, 3.8) is 0 Å². The SMILES string of the molecule is [NH2+]=C/C=C(\Cl)c1ccccc1.[O-][Cl+3]([O-])([O-])[O-]. The lowest BCUT2D eigenvalue weighted by Crippen LogP contribution is -2.68. The second-order valence-electron chi connectivity index (χ2n) is 2.45. The molecule has 1 aromatic rings. The number of halogens is 2. The molecule has 0 spiro atoms. The molecule has 0 fully saturated rings. The van der Waals surface area contributed by atoms with E-state index in [2.05, 4.69) is 0 Å². The van der Waals surface area contributed by atoms with Crippen LogP contribution in [0.4, 0.5) is 0 Å². The Morgan fingerprint density at radius 3 is 1.94 bits per heavy atom. The molecule has 0 atom stereocenters. The minimum absolute atomic E-state index is 0.660. The molecule has 0 aromatic heterocycles. The summed E-state index contributed by atoms with van der Waals surface area (Å²) in [6.45, 7) is 0. The Morgan fingerprint density at radius 2 is 1.56 bits per heavy atom. The molecule has 5 nitrogen and oxygen atoms in total. The maximum atomic E-state index is 8.49. The van der Waals surface area contributed by atoms with Crippen molar-refractivity contribution in [1.82, 2.24) is 0 Å². The van der Waals surface area contributed by atoms with E-state index in [1.54, 1.807) is 6.08 Å². The van der Waals surface area contributed by atoms with Crippen LogP contribution in [0.3, 0.4) is 0 Å². The van der Waals surface area contributed by atoms with Gasteiger partial charge in [-0.15, -0.1) is 10.2 Å². The smallest absolute Gasteiger partial charge is 0.161 e. The molecule has 2 N–H and O–H groups in total. The maximum absolute atomic E-state index is 8.49. The van der Waals surface area contributed by atoms with Crippen LogP contribution < -0.4 is 24.0 Å². The fraction of sp³-hybridized carbons (Fsp3) is 0. The molecule has 16 heavy (non-hydrogen) atoms. The largest absolute Gasteiger partial charge is 0.260 e. The number of hydrogen-bond donors (Lipinski definition) is 1. The molecule has 0 saturated heterocycles. The third-order valence-electron chi connectivity index (χ3n) is 1.29. The van der Waals surface area contributed by atoms with E-state index in [0.29, 0.717) is 5.03 Å². The van der Waals surface area contributed by atoms with Crippen molar-refractivity contribution in [3.05, 3.63) is 42.0 Å². The van der Waals surface area contributed by atoms with Gasteiger partial charge in [-0.25, -0.2) is 18.6 Å². The van der Waals surface area contributed by atoms with Crippen molar-refractivity contribution in [1.29, 1.82) is 0 Å². The second-order valence-corrected chi connectivity index (χ2v) is 3.61. The zero-order valence-electron chi connectivity index (χ0n) is 8.01. The molecule has 0 radical (unpaired) electrons. The molecule has 0 aliphatic rings. The van der Waals surface area contributed by atoms with Crippen LogP contribution in [-0.2, 0) is 0 Å². The van der Waals surface area contributed by atoms with Gasteiger partial charge in [0.25, 0.3) is 0 Å². The standard InChI is InChI=1S/C9H8ClN.ClHO4/c10-9(6-7-11)8-4-2-1-3-5-8;2-1(3,4)5/h1-7,11H;(H,2,3,4,5)/b9-6-,11-7?;. The number of benzene rings is 1. The minimum atomic E-state index is -4.94. The lowest BCUT2D eigenvalue weighted by atomic mass is 10.2. The Morgan fingerprint density at radius 1 is 1.12 bits per heavy atom. The van der Waals surface area contributed by atoms with Crippen LogP contribution in [0.15, 0.2) is 36.4 Å². The summed E-state index contributed by atoms with van der Waals surface area (Å²) in [5, 5.41) is 5.84. The van der Waals surface area contributed by atoms with Gasteiger partial charge in [0, 0.05) is 6.08 Å². The zero-order valence-corrected chi connectivity index (χ0v) is 9.52. The van der Waals surface area contributed by atoms with Crippen molar-refractivity contribution >= 4 is 22.8 Å². The van der Waals surface area contributed by atoms with Gasteiger partial charge in [-0.05, 0) is 5.56 Å². The summed E-state index contributed by atoms with van der Waals surface area (Å²) in [5.74, 6) is 0. The molecule has 0 unspecified atom stereocenters. The molecule has 0 heterocycles. The molecule has 0 saturated carbocycles. The predicted molar refractivity (Wildman–Crippen MR) is 48.3 cm³/mol. The monoisotopic (exact) mass is 265 g/mol. The lowest BCUT2D eigenvalue weighted by Gasteiger charge is -2.17. The molecule has 1 rings (SSSR count). The molecule has 88 valence electrons. The second kappa shape index (κ2) is 7.34. The van der Waals surface area contributed by atoms with Gasteiger partial charge >= 0.3 is 0 Å². The summed E-state index contributed by atoms with van der Waals surface area (Å²) >= 11 is 5.86. The first kappa shape index (κ1) is 15.0. The van der Waals surface area contributed by atoms with Crippen molar-refractivity contribution in [2.24, 2.45) is 0 Å². The Bertz CT molecular complexity index is 342. The van der Waals surface area contributed by atoms with E-state index in [-0.39, 0.29) is 0 Å². The van der Waals surface area contributed by atoms with E-state index >= 15 is 0 Å². The molecule has 0 aliphatic heterocycles. The summed E-state index contributed by atoms with van der Waals surface area (Å²) in [4.78, 5) is 0. The van der Waals surface area contributed by atoms with Gasteiger partial charge in [-0.1, -0.05) is 41.9 Å². The van der Waals surface area contributed by atoms with E-state index in [0.717, 1.165) is 5.56 Å². The van der Waals surface area contributed by atoms with E-state index in [1.165, 1.54) is 6.21 Å². The van der Waals surface area contributed by atoms with E-state index < -0.39 is 10.2 Å². The van der Waals surface area contributed by atoms with Crippen LogP contribution in [-0.4, -0.2) is 6.21 Å². The molecular formula is C9H9Cl2NO4. The highest BCUT2D eigenvalue weighted by Crippen LogP contribution is 2.16. The Kier molecular flexibility index (Phi) is 6.91. The van der Waals surface area contributed by atoms with Crippen LogP contribution >= 0.6 is 11.6 Å². The van der Waals surface area contributed by atoms with Crippen molar-refractivity contribution in [2.45, 2.75) is 0 Å².